The quantitative estimate of drug-likeness (QED) is 0.116. The largest absolute Gasteiger partial charge is 0.490 e. The van der Waals surface area contributed by atoms with Gasteiger partial charge in [0, 0.05) is 56.8 Å². The molecule has 292 valence electrons. The molecule has 0 spiro atoms. The van der Waals surface area contributed by atoms with Crippen molar-refractivity contribution >= 4 is 40.7 Å². The molecule has 0 saturated heterocycles. The van der Waals surface area contributed by atoms with E-state index in [0.29, 0.717) is 67.2 Å². The molecule has 1 heterocycles. The average molecular weight is 744 g/mol. The Morgan fingerprint density at radius 2 is 1.63 bits per heavy atom. The number of nitrogen functional groups attached to an aromatic ring is 1. The number of ether oxygens (including phenoxy) is 2. The van der Waals surface area contributed by atoms with Gasteiger partial charge in [0.05, 0.1) is 41.8 Å². The summed E-state index contributed by atoms with van der Waals surface area (Å²) in [6, 6.07) is 20.7. The van der Waals surface area contributed by atoms with Crippen molar-refractivity contribution in [2.24, 2.45) is 5.92 Å². The number of nitrogens with two attached hydrogens (primary N) is 1. The first-order valence-electron chi connectivity index (χ1n) is 19.1. The molecular weight excluding hydrogens is 686 g/mol. The molecule has 12 heteroatoms. The van der Waals surface area contributed by atoms with Crippen LogP contribution in [0.1, 0.15) is 92.9 Å². The third-order valence-electron chi connectivity index (χ3n) is 9.70. The van der Waals surface area contributed by atoms with Gasteiger partial charge in [0.25, 0.3) is 11.8 Å². The molecule has 0 unspecified atom stereocenters. The van der Waals surface area contributed by atoms with Crippen LogP contribution in [0, 0.1) is 5.92 Å². The van der Waals surface area contributed by atoms with Crippen molar-refractivity contribution < 1.29 is 33.8 Å². The molecule has 0 aromatic heterocycles. The van der Waals surface area contributed by atoms with Crippen molar-refractivity contribution in [3.05, 3.63) is 83.9 Å². The van der Waals surface area contributed by atoms with Crippen LogP contribution in [-0.4, -0.2) is 90.1 Å². The maximum Gasteiger partial charge on any atom is 0.258 e. The molecule has 4 amide bonds. The van der Waals surface area contributed by atoms with Gasteiger partial charge in [-0.1, -0.05) is 43.7 Å². The summed E-state index contributed by atoms with van der Waals surface area (Å²) in [5, 5.41) is 16.0. The third kappa shape index (κ3) is 12.6. The Kier molecular flexibility index (Phi) is 16.3. The van der Waals surface area contributed by atoms with Gasteiger partial charge in [-0.15, -0.1) is 0 Å². The molecule has 1 aliphatic rings. The van der Waals surface area contributed by atoms with Crippen LogP contribution in [0.3, 0.4) is 0 Å². The summed E-state index contributed by atoms with van der Waals surface area (Å²) in [5.74, 6) is -0.596. The Balaban J connectivity index is 1.44. The van der Waals surface area contributed by atoms with Gasteiger partial charge in [0.15, 0.2) is 0 Å². The zero-order valence-electron chi connectivity index (χ0n) is 32.1. The third-order valence-corrected chi connectivity index (χ3v) is 9.70. The number of para-hydroxylation sites is 2. The van der Waals surface area contributed by atoms with Crippen LogP contribution in [0.4, 0.5) is 17.1 Å². The second-order valence-corrected chi connectivity index (χ2v) is 14.3. The van der Waals surface area contributed by atoms with Gasteiger partial charge in [0.1, 0.15) is 5.75 Å². The van der Waals surface area contributed by atoms with Crippen LogP contribution in [0.5, 0.6) is 5.75 Å². The number of fused-ring (bicyclic) bond motifs is 1. The first-order chi connectivity index (χ1) is 26.0. The molecule has 54 heavy (non-hydrogen) atoms. The molecular formula is C42H57N5O7. The van der Waals surface area contributed by atoms with Crippen molar-refractivity contribution in [1.29, 1.82) is 0 Å². The fourth-order valence-electron chi connectivity index (χ4n) is 6.41. The second-order valence-electron chi connectivity index (χ2n) is 14.3. The SMILES string of the molecule is C[C@@H]1CCCCO[C@@H](CN(C)C(=O)c2ccccc2)[C@@H](C)CN([C@H](C)CO)C(=O)c2cc(NC(=O)CCCCCC(=O)Nc3ccccc3N)ccc2O1. The number of nitrogens with one attached hydrogen (secondary N) is 2. The zero-order chi connectivity index (χ0) is 39.0. The molecule has 12 nitrogen and oxygen atoms in total. The maximum atomic E-state index is 14.4. The zero-order valence-corrected chi connectivity index (χ0v) is 32.1. The van der Waals surface area contributed by atoms with Crippen LogP contribution in [0.15, 0.2) is 72.8 Å². The Morgan fingerprint density at radius 3 is 2.33 bits per heavy atom. The number of benzene rings is 3. The monoisotopic (exact) mass is 743 g/mol. The number of nitrogens with zero attached hydrogens (tertiary/aromatic N) is 2. The van der Waals surface area contributed by atoms with Gasteiger partial charge < -0.3 is 40.7 Å². The fraction of sp³-hybridized carbons (Fsp3) is 0.476. The molecule has 0 fully saturated rings. The highest BCUT2D eigenvalue weighted by molar-refractivity contribution is 6.00. The Labute approximate surface area is 319 Å². The fourth-order valence-corrected chi connectivity index (χ4v) is 6.41. The van der Waals surface area contributed by atoms with Gasteiger partial charge in [-0.05, 0) is 88.4 Å². The highest BCUT2D eigenvalue weighted by Crippen LogP contribution is 2.29. The topological polar surface area (TPSA) is 164 Å². The summed E-state index contributed by atoms with van der Waals surface area (Å²) >= 11 is 0. The molecule has 0 bridgehead atoms. The van der Waals surface area contributed by atoms with E-state index in [2.05, 4.69) is 10.6 Å². The van der Waals surface area contributed by atoms with Gasteiger partial charge >= 0.3 is 0 Å². The van der Waals surface area contributed by atoms with Crippen molar-refractivity contribution in [1.82, 2.24) is 9.80 Å². The lowest BCUT2D eigenvalue weighted by Gasteiger charge is -2.36. The number of hydrogen-bond donors (Lipinski definition) is 4. The molecule has 0 saturated carbocycles. The lowest BCUT2D eigenvalue weighted by atomic mass is 10.0. The summed E-state index contributed by atoms with van der Waals surface area (Å²) in [7, 11) is 1.75. The first kappa shape index (κ1) is 41.8. The molecule has 1 aliphatic heterocycles. The standard InChI is InChI=1S/C42H57N5O7/c1-29-26-47(30(2)28-48)42(52)34-25-33(44-39(49)20-9-6-10-21-40(50)45-36-19-12-11-18-35(36)43)22-23-37(34)54-31(3)15-13-14-24-53-38(29)27-46(4)41(51)32-16-7-5-8-17-32/h5,7-8,11-12,16-19,22-23,25,29-31,38,48H,6,9-10,13-15,20-21,24,26-28,43H2,1-4H3,(H,44,49)(H,45,50)/t29-,30+,31+,38-/m0/s1. The summed E-state index contributed by atoms with van der Waals surface area (Å²) in [6.07, 6.45) is 4.28. The number of rotatable bonds is 13. The van der Waals surface area contributed by atoms with Crippen LogP contribution >= 0.6 is 0 Å². The van der Waals surface area contributed by atoms with Gasteiger partial charge in [0.2, 0.25) is 11.8 Å². The molecule has 3 aromatic carbocycles. The van der Waals surface area contributed by atoms with Gasteiger partial charge in [-0.3, -0.25) is 19.2 Å². The van der Waals surface area contributed by atoms with Crippen molar-refractivity contribution in [3.8, 4) is 5.75 Å². The lowest BCUT2D eigenvalue weighted by molar-refractivity contribution is -0.116. The van der Waals surface area contributed by atoms with E-state index >= 15 is 0 Å². The van der Waals surface area contributed by atoms with Crippen LogP contribution in [0.25, 0.3) is 0 Å². The number of anilines is 3. The summed E-state index contributed by atoms with van der Waals surface area (Å²) < 4.78 is 12.7. The van der Waals surface area contributed by atoms with Gasteiger partial charge in [-0.2, -0.15) is 0 Å². The van der Waals surface area contributed by atoms with Crippen LogP contribution in [0.2, 0.25) is 0 Å². The highest BCUT2D eigenvalue weighted by Gasteiger charge is 2.31. The number of carbonyl (C=O) groups excluding carboxylic acids is 4. The van der Waals surface area contributed by atoms with E-state index < -0.39 is 6.04 Å². The number of carbonyl (C=O) groups is 4. The molecule has 4 rings (SSSR count). The minimum atomic E-state index is -0.534. The minimum absolute atomic E-state index is 0.117. The normalized spacial score (nSPS) is 18.7. The highest BCUT2D eigenvalue weighted by atomic mass is 16.5. The molecule has 3 aromatic rings. The Morgan fingerprint density at radius 1 is 0.944 bits per heavy atom. The van der Waals surface area contributed by atoms with E-state index in [-0.39, 0.29) is 66.9 Å². The summed E-state index contributed by atoms with van der Waals surface area (Å²) in [5.41, 5.74) is 8.32. The Hall–Kier alpha value is -4.94. The van der Waals surface area contributed by atoms with E-state index in [1.54, 1.807) is 72.3 Å². The summed E-state index contributed by atoms with van der Waals surface area (Å²) in [4.78, 5) is 56.2. The molecule has 4 atom stereocenters. The van der Waals surface area contributed by atoms with Crippen molar-refractivity contribution in [2.45, 2.75) is 90.4 Å². The van der Waals surface area contributed by atoms with E-state index in [1.807, 2.05) is 38.1 Å². The van der Waals surface area contributed by atoms with Crippen LogP contribution in [-0.2, 0) is 14.3 Å². The average Bonchev–Trinajstić information content (AvgIpc) is 3.16. The first-order valence-corrected chi connectivity index (χ1v) is 19.1. The number of unbranched alkanes of at least 4 members (excludes halogenated alkanes) is 2. The van der Waals surface area contributed by atoms with Crippen molar-refractivity contribution in [3.63, 3.8) is 0 Å². The number of hydrogen-bond acceptors (Lipinski definition) is 8. The lowest BCUT2D eigenvalue weighted by Crippen LogP contribution is -2.48. The molecule has 0 aliphatic carbocycles. The van der Waals surface area contributed by atoms with Gasteiger partial charge in [-0.25, -0.2) is 0 Å². The van der Waals surface area contributed by atoms with Crippen molar-refractivity contribution in [2.75, 3.05) is 49.7 Å². The molecule has 5 N–H and O–H groups in total. The van der Waals surface area contributed by atoms with E-state index in [0.717, 1.165) is 19.3 Å². The predicted molar refractivity (Wildman–Crippen MR) is 211 cm³/mol. The minimum Gasteiger partial charge on any atom is -0.490 e. The summed E-state index contributed by atoms with van der Waals surface area (Å²) in [6.45, 7) is 6.54. The predicted octanol–water partition coefficient (Wildman–Crippen LogP) is 6.36. The maximum absolute atomic E-state index is 14.4. The van der Waals surface area contributed by atoms with E-state index in [1.165, 1.54) is 0 Å². The second kappa shape index (κ2) is 21.1. The number of likely N-dealkylation sites (N-methyl/N-ethyl adjacent to an activating group) is 1. The smallest absolute Gasteiger partial charge is 0.258 e. The number of aliphatic hydroxyl groups excluding tert-OH is 1. The molecule has 0 radical (unpaired) electrons. The number of aliphatic hydroxyl groups is 1. The van der Waals surface area contributed by atoms with E-state index in [4.69, 9.17) is 15.2 Å². The van der Waals surface area contributed by atoms with Crippen LogP contribution < -0.4 is 21.1 Å². The van der Waals surface area contributed by atoms with E-state index in [9.17, 15) is 24.3 Å². The number of amides is 4. The Bertz CT molecular complexity index is 1690.